The Morgan fingerprint density at radius 2 is 1.23 bits per heavy atom. The van der Waals surface area contributed by atoms with Crippen LogP contribution in [0, 0.1) is 16.2 Å². The van der Waals surface area contributed by atoms with Crippen molar-refractivity contribution in [2.45, 2.75) is 83.5 Å². The van der Waals surface area contributed by atoms with Crippen molar-refractivity contribution in [2.75, 3.05) is 13.1 Å². The van der Waals surface area contributed by atoms with Crippen molar-refractivity contribution in [1.82, 2.24) is 0 Å². The maximum absolute atomic E-state index is 13.6. The molecule has 3 saturated carbocycles. The highest BCUT2D eigenvalue weighted by Gasteiger charge is 2.67. The quantitative estimate of drug-likeness (QED) is 0.325. The van der Waals surface area contributed by atoms with Crippen molar-refractivity contribution in [3.63, 3.8) is 0 Å². The highest BCUT2D eigenvalue weighted by atomic mass is 16.2. The number of carbonyl (C=O) groups excluding carboxylic acids is 2. The number of carbonyl (C=O) groups is 2. The van der Waals surface area contributed by atoms with Gasteiger partial charge in [0.25, 0.3) is 11.8 Å². The number of rotatable bonds is 9. The summed E-state index contributed by atoms with van der Waals surface area (Å²) in [6.45, 7) is 8.03. The topological polar surface area (TPSA) is 83.6 Å². The molecule has 3 aliphatic carbocycles. The standard InChI is InChI=1S/C24H36N4O2/c1-3-17-25-27-20(29)19-22(11-5-6-12-22)24(15-9-10-16-24)23(13-7-8-14-23)21(30)28-26-18-4-2/h3-4H,1-2,5-19H2. The van der Waals surface area contributed by atoms with Crippen molar-refractivity contribution < 1.29 is 9.59 Å². The van der Waals surface area contributed by atoms with Crippen LogP contribution >= 0.6 is 0 Å². The van der Waals surface area contributed by atoms with Gasteiger partial charge in [-0.2, -0.15) is 10.2 Å². The third kappa shape index (κ3) is 3.97. The molecule has 0 spiro atoms. The molecule has 0 aliphatic heterocycles. The molecule has 2 amide bonds. The molecule has 6 nitrogen and oxygen atoms in total. The van der Waals surface area contributed by atoms with Gasteiger partial charge < -0.3 is 0 Å². The molecule has 0 aromatic heterocycles. The lowest BCUT2D eigenvalue weighted by Crippen LogP contribution is -2.54. The molecule has 0 N–H and O–H groups in total. The molecule has 0 saturated heterocycles. The zero-order valence-corrected chi connectivity index (χ0v) is 18.3. The molecule has 3 rings (SSSR count). The van der Waals surface area contributed by atoms with Crippen LogP contribution in [0.15, 0.2) is 45.8 Å². The van der Waals surface area contributed by atoms with Gasteiger partial charge in [0.1, 0.15) is 0 Å². The van der Waals surface area contributed by atoms with Crippen LogP contribution in [0.5, 0.6) is 0 Å². The fourth-order valence-corrected chi connectivity index (χ4v) is 7.01. The van der Waals surface area contributed by atoms with Crippen molar-refractivity contribution in [1.29, 1.82) is 0 Å². The van der Waals surface area contributed by atoms with Crippen molar-refractivity contribution in [3.05, 3.63) is 25.3 Å². The van der Waals surface area contributed by atoms with Crippen LogP contribution in [0.3, 0.4) is 0 Å². The first-order chi connectivity index (χ1) is 14.6. The molecule has 3 aliphatic rings. The monoisotopic (exact) mass is 412 g/mol. The van der Waals surface area contributed by atoms with E-state index >= 15 is 0 Å². The highest BCUT2D eigenvalue weighted by molar-refractivity contribution is 5.85. The first-order valence-corrected chi connectivity index (χ1v) is 11.6. The SMILES string of the molecule is C=CCN=NC(=O)CC1(C2(C3(C(=O)N=NCC=C)CCCC3)CCCC2)CCCC1. The number of hydrogen-bond acceptors (Lipinski definition) is 4. The summed E-state index contributed by atoms with van der Waals surface area (Å²) in [5.74, 6) is -0.213. The molecule has 6 heteroatoms. The second kappa shape index (κ2) is 9.88. The van der Waals surface area contributed by atoms with E-state index in [-0.39, 0.29) is 22.6 Å². The normalized spacial score (nSPS) is 24.5. The van der Waals surface area contributed by atoms with E-state index < -0.39 is 5.41 Å². The van der Waals surface area contributed by atoms with Crippen LogP contribution in [0.25, 0.3) is 0 Å². The third-order valence-electron chi connectivity index (χ3n) is 8.07. The maximum Gasteiger partial charge on any atom is 0.270 e. The van der Waals surface area contributed by atoms with E-state index in [0.717, 1.165) is 77.0 Å². The fourth-order valence-electron chi connectivity index (χ4n) is 7.01. The predicted molar refractivity (Wildman–Crippen MR) is 117 cm³/mol. The van der Waals surface area contributed by atoms with Crippen LogP contribution in [0.4, 0.5) is 0 Å². The molecule has 0 atom stereocenters. The summed E-state index contributed by atoms with van der Waals surface area (Å²) in [6.07, 6.45) is 16.0. The lowest BCUT2D eigenvalue weighted by atomic mass is 9.47. The first kappa shape index (κ1) is 22.7. The lowest BCUT2D eigenvalue weighted by molar-refractivity contribution is -0.153. The Hall–Kier alpha value is -1.98. The van der Waals surface area contributed by atoms with Crippen LogP contribution in [0.1, 0.15) is 83.5 Å². The summed E-state index contributed by atoms with van der Waals surface area (Å²) in [5, 5.41) is 16.2. The molecule has 0 bridgehead atoms. The Bertz CT molecular complexity index is 707. The summed E-state index contributed by atoms with van der Waals surface area (Å²) in [7, 11) is 0. The van der Waals surface area contributed by atoms with Crippen LogP contribution in [-0.2, 0) is 9.59 Å². The average Bonchev–Trinajstić information content (AvgIpc) is 3.49. The molecule has 0 aromatic carbocycles. The fraction of sp³-hybridized carbons (Fsp3) is 0.750. The number of hydrogen-bond donors (Lipinski definition) is 0. The summed E-state index contributed by atoms with van der Waals surface area (Å²) >= 11 is 0. The maximum atomic E-state index is 13.6. The Labute approximate surface area is 180 Å². The van der Waals surface area contributed by atoms with E-state index in [1.165, 1.54) is 0 Å². The molecule has 0 radical (unpaired) electrons. The zero-order valence-electron chi connectivity index (χ0n) is 18.3. The minimum absolute atomic E-state index is 0.0595. The second-order valence-electron chi connectivity index (χ2n) is 9.37. The van der Waals surface area contributed by atoms with Crippen molar-refractivity contribution in [2.24, 2.45) is 36.7 Å². The van der Waals surface area contributed by atoms with Crippen molar-refractivity contribution >= 4 is 11.8 Å². The van der Waals surface area contributed by atoms with Gasteiger partial charge in [-0.1, -0.05) is 50.7 Å². The van der Waals surface area contributed by atoms with Crippen LogP contribution in [-0.4, -0.2) is 24.9 Å². The van der Waals surface area contributed by atoms with E-state index in [9.17, 15) is 9.59 Å². The molecular formula is C24H36N4O2. The summed E-state index contributed by atoms with van der Waals surface area (Å²) in [5.41, 5.74) is -0.848. The third-order valence-corrected chi connectivity index (χ3v) is 8.07. The molecule has 3 fully saturated rings. The second-order valence-corrected chi connectivity index (χ2v) is 9.37. The van der Waals surface area contributed by atoms with Gasteiger partial charge in [0, 0.05) is 6.42 Å². The van der Waals surface area contributed by atoms with Gasteiger partial charge in [0.15, 0.2) is 0 Å². The van der Waals surface area contributed by atoms with Crippen LogP contribution < -0.4 is 0 Å². The molecule has 0 heterocycles. The van der Waals surface area contributed by atoms with E-state index in [1.807, 2.05) is 0 Å². The summed E-state index contributed by atoms with van der Waals surface area (Å²) in [6, 6.07) is 0. The van der Waals surface area contributed by atoms with E-state index in [1.54, 1.807) is 12.2 Å². The van der Waals surface area contributed by atoms with Gasteiger partial charge in [-0.3, -0.25) is 9.59 Å². The summed E-state index contributed by atoms with van der Waals surface area (Å²) in [4.78, 5) is 26.4. The van der Waals surface area contributed by atoms with Crippen LogP contribution in [0.2, 0.25) is 0 Å². The smallest absolute Gasteiger partial charge is 0.270 e. The first-order valence-electron chi connectivity index (χ1n) is 11.6. The van der Waals surface area contributed by atoms with Gasteiger partial charge in [0.05, 0.1) is 18.5 Å². The molecule has 30 heavy (non-hydrogen) atoms. The minimum atomic E-state index is -0.489. The number of nitrogens with zero attached hydrogens (tertiary/aromatic N) is 4. The van der Waals surface area contributed by atoms with E-state index in [4.69, 9.17) is 0 Å². The average molecular weight is 413 g/mol. The van der Waals surface area contributed by atoms with E-state index in [0.29, 0.717) is 19.5 Å². The highest BCUT2D eigenvalue weighted by Crippen LogP contribution is 2.71. The minimum Gasteiger partial charge on any atom is -0.271 e. The molecule has 164 valence electrons. The Kier molecular flexibility index (Phi) is 7.48. The van der Waals surface area contributed by atoms with E-state index in [2.05, 4.69) is 33.6 Å². The Balaban J connectivity index is 2.01. The number of amides is 2. The Morgan fingerprint density at radius 1 is 0.733 bits per heavy atom. The largest absolute Gasteiger partial charge is 0.271 e. The van der Waals surface area contributed by atoms with Gasteiger partial charge in [-0.15, -0.1) is 23.4 Å². The van der Waals surface area contributed by atoms with Gasteiger partial charge >= 0.3 is 0 Å². The predicted octanol–water partition coefficient (Wildman–Crippen LogP) is 6.39. The number of azo groups is 2. The zero-order chi connectivity index (χ0) is 21.5. The molecular weight excluding hydrogens is 376 g/mol. The van der Waals surface area contributed by atoms with Gasteiger partial charge in [0.2, 0.25) is 0 Å². The summed E-state index contributed by atoms with van der Waals surface area (Å²) < 4.78 is 0. The lowest BCUT2D eigenvalue weighted by Gasteiger charge is -2.56. The van der Waals surface area contributed by atoms with Gasteiger partial charge in [-0.05, 0) is 49.4 Å². The Morgan fingerprint density at radius 3 is 1.80 bits per heavy atom. The molecule has 0 unspecified atom stereocenters. The van der Waals surface area contributed by atoms with Crippen molar-refractivity contribution in [3.8, 4) is 0 Å². The van der Waals surface area contributed by atoms with Gasteiger partial charge in [-0.25, -0.2) is 0 Å². The molecule has 0 aromatic rings.